The van der Waals surface area contributed by atoms with Crippen LogP contribution in [0.15, 0.2) is 30.6 Å². The van der Waals surface area contributed by atoms with Crippen molar-refractivity contribution in [2.45, 2.75) is 13.5 Å². The van der Waals surface area contributed by atoms with Crippen molar-refractivity contribution in [3.8, 4) is 11.1 Å². The van der Waals surface area contributed by atoms with Gasteiger partial charge in [-0.2, -0.15) is 5.10 Å². The number of hydrogen-bond donors (Lipinski definition) is 0. The van der Waals surface area contributed by atoms with Crippen LogP contribution in [0, 0.1) is 5.82 Å². The van der Waals surface area contributed by atoms with Crippen LogP contribution in [0.1, 0.15) is 17.3 Å². The summed E-state index contributed by atoms with van der Waals surface area (Å²) in [7, 11) is 1.27. The third kappa shape index (κ3) is 2.40. The first-order valence-corrected chi connectivity index (χ1v) is 5.55. The fourth-order valence-electron chi connectivity index (χ4n) is 1.68. The Morgan fingerprint density at radius 1 is 1.39 bits per heavy atom. The highest BCUT2D eigenvalue weighted by atomic mass is 19.1. The molecular weight excluding hydrogens is 235 g/mol. The number of ether oxygens (including phenoxy) is 1. The highest BCUT2D eigenvalue weighted by Crippen LogP contribution is 2.22. The third-order valence-corrected chi connectivity index (χ3v) is 2.61. The van der Waals surface area contributed by atoms with Gasteiger partial charge in [-0.3, -0.25) is 4.68 Å². The van der Waals surface area contributed by atoms with E-state index in [0.29, 0.717) is 5.56 Å². The molecular formula is C13H13FN2O2. The van der Waals surface area contributed by atoms with E-state index in [2.05, 4.69) is 9.84 Å². The van der Waals surface area contributed by atoms with Crippen molar-refractivity contribution in [2.75, 3.05) is 7.11 Å². The van der Waals surface area contributed by atoms with Gasteiger partial charge in [0.05, 0.1) is 18.9 Å². The van der Waals surface area contributed by atoms with Gasteiger partial charge in [0.15, 0.2) is 0 Å². The number of hydrogen-bond acceptors (Lipinski definition) is 3. The molecule has 4 nitrogen and oxygen atoms in total. The van der Waals surface area contributed by atoms with Gasteiger partial charge in [-0.15, -0.1) is 0 Å². The van der Waals surface area contributed by atoms with Gasteiger partial charge in [-0.05, 0) is 30.7 Å². The lowest BCUT2D eigenvalue weighted by atomic mass is 10.1. The second-order valence-corrected chi connectivity index (χ2v) is 3.80. The van der Waals surface area contributed by atoms with E-state index in [1.165, 1.54) is 13.2 Å². The van der Waals surface area contributed by atoms with Crippen molar-refractivity contribution < 1.29 is 13.9 Å². The average molecular weight is 248 g/mol. The quantitative estimate of drug-likeness (QED) is 0.784. The Bertz CT molecular complexity index is 578. The van der Waals surface area contributed by atoms with Gasteiger partial charge in [0, 0.05) is 18.3 Å². The van der Waals surface area contributed by atoms with E-state index >= 15 is 0 Å². The molecule has 0 unspecified atom stereocenters. The molecule has 18 heavy (non-hydrogen) atoms. The second kappa shape index (κ2) is 5.00. The molecule has 94 valence electrons. The van der Waals surface area contributed by atoms with Gasteiger partial charge in [0.1, 0.15) is 5.82 Å². The Morgan fingerprint density at radius 3 is 2.78 bits per heavy atom. The molecule has 2 aromatic rings. The number of aromatic nitrogens is 2. The summed E-state index contributed by atoms with van der Waals surface area (Å²) in [6.07, 6.45) is 3.44. The van der Waals surface area contributed by atoms with E-state index < -0.39 is 11.8 Å². The van der Waals surface area contributed by atoms with E-state index in [9.17, 15) is 9.18 Å². The molecule has 1 aromatic heterocycles. The van der Waals surface area contributed by atoms with Crippen molar-refractivity contribution >= 4 is 5.97 Å². The molecule has 0 N–H and O–H groups in total. The molecule has 0 aliphatic rings. The molecule has 0 saturated heterocycles. The predicted molar refractivity (Wildman–Crippen MR) is 64.6 cm³/mol. The van der Waals surface area contributed by atoms with E-state index in [0.717, 1.165) is 18.2 Å². The summed E-state index contributed by atoms with van der Waals surface area (Å²) in [4.78, 5) is 11.4. The first-order valence-electron chi connectivity index (χ1n) is 5.55. The maximum Gasteiger partial charge on any atom is 0.337 e. The fraction of sp³-hybridized carbons (Fsp3) is 0.231. The molecule has 0 bridgehead atoms. The molecule has 0 radical (unpaired) electrons. The van der Waals surface area contributed by atoms with Crippen LogP contribution in [0.4, 0.5) is 4.39 Å². The Labute approximate surface area is 104 Å². The Kier molecular flexibility index (Phi) is 3.41. The number of esters is 1. The number of rotatable bonds is 3. The van der Waals surface area contributed by atoms with Crippen molar-refractivity contribution in [1.29, 1.82) is 0 Å². The van der Waals surface area contributed by atoms with E-state index in [1.807, 2.05) is 6.92 Å². The monoisotopic (exact) mass is 248 g/mol. The Morgan fingerprint density at radius 2 is 2.17 bits per heavy atom. The van der Waals surface area contributed by atoms with Crippen LogP contribution in [0.25, 0.3) is 11.1 Å². The molecule has 0 fully saturated rings. The van der Waals surface area contributed by atoms with Crippen molar-refractivity contribution in [3.05, 3.63) is 42.0 Å². The largest absolute Gasteiger partial charge is 0.465 e. The van der Waals surface area contributed by atoms with Crippen LogP contribution in [-0.2, 0) is 11.3 Å². The minimum Gasteiger partial charge on any atom is -0.465 e. The highest BCUT2D eigenvalue weighted by molar-refractivity contribution is 5.90. The van der Waals surface area contributed by atoms with Gasteiger partial charge in [0.25, 0.3) is 0 Å². The lowest BCUT2D eigenvalue weighted by Gasteiger charge is -2.03. The van der Waals surface area contributed by atoms with Crippen LogP contribution in [0.3, 0.4) is 0 Å². The third-order valence-electron chi connectivity index (χ3n) is 2.61. The minimum atomic E-state index is -0.557. The molecule has 0 aliphatic carbocycles. The van der Waals surface area contributed by atoms with E-state index in [4.69, 9.17) is 0 Å². The number of methoxy groups -OCH3 is 1. The zero-order valence-electron chi connectivity index (χ0n) is 10.2. The summed E-state index contributed by atoms with van der Waals surface area (Å²) in [6, 6.07) is 4.11. The number of nitrogens with zero attached hydrogens (tertiary/aromatic N) is 2. The molecule has 0 aliphatic heterocycles. The molecule has 0 amide bonds. The zero-order valence-corrected chi connectivity index (χ0v) is 10.2. The van der Waals surface area contributed by atoms with E-state index in [-0.39, 0.29) is 5.56 Å². The molecule has 1 aromatic carbocycles. The minimum absolute atomic E-state index is 0.191. The number of carbonyl (C=O) groups excluding carboxylic acids is 1. The number of benzene rings is 1. The van der Waals surface area contributed by atoms with Crippen LogP contribution < -0.4 is 0 Å². The molecule has 0 atom stereocenters. The van der Waals surface area contributed by atoms with Crippen molar-refractivity contribution in [1.82, 2.24) is 9.78 Å². The van der Waals surface area contributed by atoms with Gasteiger partial charge in [-0.1, -0.05) is 0 Å². The predicted octanol–water partition coefficient (Wildman–Crippen LogP) is 2.50. The average Bonchev–Trinajstić information content (AvgIpc) is 2.85. The topological polar surface area (TPSA) is 44.1 Å². The van der Waals surface area contributed by atoms with Crippen molar-refractivity contribution in [3.63, 3.8) is 0 Å². The zero-order chi connectivity index (χ0) is 13.1. The van der Waals surface area contributed by atoms with Gasteiger partial charge >= 0.3 is 5.97 Å². The highest BCUT2D eigenvalue weighted by Gasteiger charge is 2.11. The van der Waals surface area contributed by atoms with Crippen molar-refractivity contribution in [2.24, 2.45) is 0 Å². The molecule has 0 spiro atoms. The molecule has 0 saturated carbocycles. The first-order chi connectivity index (χ1) is 8.63. The van der Waals surface area contributed by atoms with Crippen LogP contribution in [-0.4, -0.2) is 22.9 Å². The molecule has 5 heteroatoms. The Hall–Kier alpha value is -2.17. The summed E-state index contributed by atoms with van der Waals surface area (Å²) >= 11 is 0. The number of carbonyl (C=O) groups is 1. The lowest BCUT2D eigenvalue weighted by Crippen LogP contribution is -2.01. The van der Waals surface area contributed by atoms with Gasteiger partial charge in [-0.25, -0.2) is 9.18 Å². The summed E-state index contributed by atoms with van der Waals surface area (Å²) in [5, 5.41) is 4.11. The van der Waals surface area contributed by atoms with Gasteiger partial charge in [0.2, 0.25) is 0 Å². The summed E-state index contributed by atoms with van der Waals surface area (Å²) in [5.41, 5.74) is 1.56. The second-order valence-electron chi connectivity index (χ2n) is 3.80. The first kappa shape index (κ1) is 12.3. The van der Waals surface area contributed by atoms with Crippen LogP contribution in [0.5, 0.6) is 0 Å². The van der Waals surface area contributed by atoms with E-state index in [1.54, 1.807) is 23.1 Å². The smallest absolute Gasteiger partial charge is 0.337 e. The number of halogens is 1. The Balaban J connectivity index is 2.44. The SMILES string of the molecule is CCn1cc(-c2cc(F)cc(C(=O)OC)c2)cn1. The molecule has 2 rings (SSSR count). The maximum atomic E-state index is 13.5. The van der Waals surface area contributed by atoms with Crippen LogP contribution >= 0.6 is 0 Å². The number of aryl methyl sites for hydroxylation is 1. The molecule has 1 heterocycles. The standard InChI is InChI=1S/C13H13FN2O2/c1-3-16-8-11(7-15-16)9-4-10(13(17)18-2)6-12(14)5-9/h4-8H,3H2,1-2H3. The summed E-state index contributed by atoms with van der Waals surface area (Å²) in [5.74, 6) is -1.03. The lowest BCUT2D eigenvalue weighted by molar-refractivity contribution is 0.0600. The van der Waals surface area contributed by atoms with Gasteiger partial charge < -0.3 is 4.74 Å². The maximum absolute atomic E-state index is 13.5. The van der Waals surface area contributed by atoms with Crippen LogP contribution in [0.2, 0.25) is 0 Å². The summed E-state index contributed by atoms with van der Waals surface area (Å²) in [6.45, 7) is 2.70. The normalized spacial score (nSPS) is 10.4. The fourth-order valence-corrected chi connectivity index (χ4v) is 1.68. The summed E-state index contributed by atoms with van der Waals surface area (Å²) < 4.78 is 19.8.